The fourth-order valence-electron chi connectivity index (χ4n) is 5.86. The SMILES string of the molecule is CC(C)(C)OC(=O)CN(CCN(CCN(CC(=O)OC(C)(C)C)CC(=O)OC(C)(C)C)[C@@H](CCCCNC(=O)OCc1ccccc1)C(=O)OC(C)(C)C)CC(=O)OC(C)(C)C. The first-order chi connectivity index (χ1) is 28.3. The molecule has 0 saturated carbocycles. The van der Waals surface area contributed by atoms with Gasteiger partial charge in [0.25, 0.3) is 0 Å². The average Bonchev–Trinajstić information content (AvgIpc) is 3.05. The highest BCUT2D eigenvalue weighted by Gasteiger charge is 2.33. The van der Waals surface area contributed by atoms with Crippen molar-refractivity contribution in [1.29, 1.82) is 0 Å². The number of carbonyl (C=O) groups is 6. The van der Waals surface area contributed by atoms with E-state index in [0.717, 1.165) is 5.56 Å². The van der Waals surface area contributed by atoms with Gasteiger partial charge in [-0.3, -0.25) is 38.7 Å². The normalized spacial score (nSPS) is 13.1. The first-order valence-corrected chi connectivity index (χ1v) is 21.5. The van der Waals surface area contributed by atoms with Crippen molar-refractivity contribution >= 4 is 35.9 Å². The van der Waals surface area contributed by atoms with Crippen LogP contribution in [0, 0.1) is 0 Å². The zero-order valence-electron chi connectivity index (χ0n) is 40.4. The zero-order chi connectivity index (χ0) is 47.5. The summed E-state index contributed by atoms with van der Waals surface area (Å²) in [5.74, 6) is -2.71. The number of unbranched alkanes of at least 4 members (excludes halogenated alkanes) is 1. The van der Waals surface area contributed by atoms with Gasteiger partial charge in [-0.15, -0.1) is 0 Å². The molecule has 0 radical (unpaired) electrons. The molecule has 0 heterocycles. The summed E-state index contributed by atoms with van der Waals surface area (Å²) in [5.41, 5.74) is -3.09. The van der Waals surface area contributed by atoms with Crippen LogP contribution >= 0.6 is 0 Å². The number of benzene rings is 1. The Hall–Kier alpha value is -4.28. The highest BCUT2D eigenvalue weighted by Crippen LogP contribution is 2.18. The molecule has 0 saturated heterocycles. The largest absolute Gasteiger partial charge is 0.459 e. The van der Waals surface area contributed by atoms with E-state index in [1.54, 1.807) is 114 Å². The predicted octanol–water partition coefficient (Wildman–Crippen LogP) is 6.07. The topological polar surface area (TPSA) is 180 Å². The molecule has 1 rings (SSSR count). The first-order valence-electron chi connectivity index (χ1n) is 21.5. The molecule has 1 amide bonds. The molecule has 0 aliphatic rings. The van der Waals surface area contributed by atoms with Crippen molar-refractivity contribution in [2.45, 2.75) is 164 Å². The molecule has 0 aliphatic carbocycles. The number of alkyl carbamates (subject to hydrolysis) is 1. The number of carbonyl (C=O) groups excluding carboxylic acids is 6. The molecule has 1 N–H and O–H groups in total. The Balaban J connectivity index is 3.52. The average molecular weight is 879 g/mol. The third-order valence-corrected chi connectivity index (χ3v) is 8.00. The number of esters is 5. The molecular formula is C46H78N4O12. The van der Waals surface area contributed by atoms with Crippen LogP contribution in [0.5, 0.6) is 0 Å². The van der Waals surface area contributed by atoms with Crippen LogP contribution in [0.15, 0.2) is 30.3 Å². The Morgan fingerprint density at radius 2 is 0.887 bits per heavy atom. The maximum Gasteiger partial charge on any atom is 0.407 e. The molecule has 16 heteroatoms. The molecule has 0 aliphatic heterocycles. The fraction of sp³-hybridized carbons (Fsp3) is 0.739. The first kappa shape index (κ1) is 55.7. The number of amides is 1. The number of ether oxygens (including phenoxy) is 6. The fourth-order valence-corrected chi connectivity index (χ4v) is 5.86. The van der Waals surface area contributed by atoms with E-state index in [2.05, 4.69) is 5.32 Å². The molecule has 1 aromatic carbocycles. The van der Waals surface area contributed by atoms with Crippen molar-refractivity contribution in [2.24, 2.45) is 0 Å². The summed E-state index contributed by atoms with van der Waals surface area (Å²) < 4.78 is 33.7. The van der Waals surface area contributed by atoms with Gasteiger partial charge in [0, 0.05) is 32.7 Å². The smallest absolute Gasteiger partial charge is 0.407 e. The summed E-state index contributed by atoms with van der Waals surface area (Å²) in [6, 6.07) is 8.47. The second-order valence-corrected chi connectivity index (χ2v) is 20.3. The van der Waals surface area contributed by atoms with Crippen LogP contribution in [0.25, 0.3) is 0 Å². The molecular weight excluding hydrogens is 801 g/mol. The second kappa shape index (κ2) is 25.1. The lowest BCUT2D eigenvalue weighted by Gasteiger charge is -2.35. The molecule has 0 aromatic heterocycles. The minimum atomic E-state index is -0.853. The number of rotatable bonds is 23. The predicted molar refractivity (Wildman–Crippen MR) is 236 cm³/mol. The summed E-state index contributed by atoms with van der Waals surface area (Å²) in [4.78, 5) is 84.2. The molecule has 0 fully saturated rings. The van der Waals surface area contributed by atoms with E-state index < -0.39 is 70.0 Å². The molecule has 62 heavy (non-hydrogen) atoms. The van der Waals surface area contributed by atoms with E-state index in [9.17, 15) is 28.8 Å². The maximum absolute atomic E-state index is 14.1. The zero-order valence-corrected chi connectivity index (χ0v) is 40.4. The van der Waals surface area contributed by atoms with Crippen molar-refractivity contribution in [3.8, 4) is 0 Å². The Bertz CT molecular complexity index is 1440. The van der Waals surface area contributed by atoms with E-state index >= 15 is 0 Å². The molecule has 0 bridgehead atoms. The summed E-state index contributed by atoms with van der Waals surface area (Å²) >= 11 is 0. The molecule has 0 spiro atoms. The van der Waals surface area contributed by atoms with Gasteiger partial charge < -0.3 is 33.7 Å². The maximum atomic E-state index is 14.1. The Morgan fingerprint density at radius 1 is 0.516 bits per heavy atom. The van der Waals surface area contributed by atoms with Gasteiger partial charge in [-0.1, -0.05) is 30.3 Å². The van der Waals surface area contributed by atoms with Crippen LogP contribution in [0.2, 0.25) is 0 Å². The van der Waals surface area contributed by atoms with Gasteiger partial charge in [-0.25, -0.2) is 4.79 Å². The summed E-state index contributed by atoms with van der Waals surface area (Å²) in [5, 5.41) is 2.76. The highest BCUT2D eigenvalue weighted by molar-refractivity contribution is 5.77. The number of nitrogens with zero attached hydrogens (tertiary/aromatic N) is 3. The third kappa shape index (κ3) is 29.1. The lowest BCUT2D eigenvalue weighted by Crippen LogP contribution is -2.51. The highest BCUT2D eigenvalue weighted by atomic mass is 16.6. The van der Waals surface area contributed by atoms with Gasteiger partial charge in [0.05, 0.1) is 26.2 Å². The van der Waals surface area contributed by atoms with E-state index in [1.165, 1.54) is 0 Å². The van der Waals surface area contributed by atoms with Crippen LogP contribution < -0.4 is 5.32 Å². The Morgan fingerprint density at radius 3 is 1.24 bits per heavy atom. The second-order valence-electron chi connectivity index (χ2n) is 20.3. The van der Waals surface area contributed by atoms with E-state index in [1.807, 2.05) is 35.2 Å². The minimum absolute atomic E-state index is 0.116. The van der Waals surface area contributed by atoms with Crippen molar-refractivity contribution < 1.29 is 57.2 Å². The van der Waals surface area contributed by atoms with Crippen LogP contribution in [0.1, 0.15) is 129 Å². The summed E-state index contributed by atoms with van der Waals surface area (Å²) in [7, 11) is 0. The van der Waals surface area contributed by atoms with E-state index in [-0.39, 0.29) is 65.5 Å². The van der Waals surface area contributed by atoms with Gasteiger partial charge in [-0.05, 0) is 129 Å². The van der Waals surface area contributed by atoms with Crippen molar-refractivity contribution in [3.63, 3.8) is 0 Å². The molecule has 0 unspecified atom stereocenters. The minimum Gasteiger partial charge on any atom is -0.459 e. The quantitative estimate of drug-likeness (QED) is 0.0761. The number of hydrogen-bond acceptors (Lipinski definition) is 15. The third-order valence-electron chi connectivity index (χ3n) is 8.00. The molecule has 1 aromatic rings. The van der Waals surface area contributed by atoms with Gasteiger partial charge >= 0.3 is 35.9 Å². The Kier molecular flexibility index (Phi) is 22.6. The van der Waals surface area contributed by atoms with Crippen LogP contribution in [-0.2, 0) is 59.0 Å². The van der Waals surface area contributed by atoms with Gasteiger partial charge in [0.2, 0.25) is 0 Å². The van der Waals surface area contributed by atoms with Crippen molar-refractivity contribution in [3.05, 3.63) is 35.9 Å². The lowest BCUT2D eigenvalue weighted by molar-refractivity contribution is -0.164. The monoisotopic (exact) mass is 879 g/mol. The van der Waals surface area contributed by atoms with E-state index in [0.29, 0.717) is 19.3 Å². The van der Waals surface area contributed by atoms with Gasteiger partial charge in [0.1, 0.15) is 40.7 Å². The van der Waals surface area contributed by atoms with E-state index in [4.69, 9.17) is 28.4 Å². The van der Waals surface area contributed by atoms with Crippen molar-refractivity contribution in [2.75, 3.05) is 58.9 Å². The van der Waals surface area contributed by atoms with Crippen molar-refractivity contribution in [1.82, 2.24) is 20.0 Å². The number of nitrogens with one attached hydrogen (secondary N) is 1. The summed E-state index contributed by atoms with van der Waals surface area (Å²) in [6.07, 6.45) is 0.717. The summed E-state index contributed by atoms with van der Waals surface area (Å²) in [6.45, 7) is 26.3. The van der Waals surface area contributed by atoms with Crippen LogP contribution in [0.4, 0.5) is 4.79 Å². The number of hydrogen-bond donors (Lipinski definition) is 1. The lowest BCUT2D eigenvalue weighted by atomic mass is 10.1. The van der Waals surface area contributed by atoms with Gasteiger partial charge in [-0.2, -0.15) is 0 Å². The Labute approximate surface area is 371 Å². The molecule has 1 atom stereocenters. The van der Waals surface area contributed by atoms with Crippen LogP contribution in [0.3, 0.4) is 0 Å². The van der Waals surface area contributed by atoms with Crippen LogP contribution in [-0.4, -0.2) is 144 Å². The molecule has 354 valence electrons. The molecule has 16 nitrogen and oxygen atoms in total. The standard InChI is InChI=1S/C46H78N4O12/c1-42(2,3)58-36(51)29-48(30-37(52)59-43(4,5)6)25-27-50(28-26-49(31-38(53)60-44(7,8)9)32-39(54)61-45(10,11)12)35(40(55)62-46(13,14)15)23-19-20-24-47-41(56)57-33-34-21-17-16-18-22-34/h16-18,21-22,35H,19-20,23-33H2,1-15H3,(H,47,56)/t35-/m0/s1. The van der Waals surface area contributed by atoms with Gasteiger partial charge in [0.15, 0.2) is 0 Å².